The highest BCUT2D eigenvalue weighted by Crippen LogP contribution is 2.17. The van der Waals surface area contributed by atoms with E-state index in [2.05, 4.69) is 10.2 Å². The maximum Gasteiger partial charge on any atom is 0.342 e. The second-order valence-corrected chi connectivity index (χ2v) is 4.77. The highest BCUT2D eigenvalue weighted by molar-refractivity contribution is 8.00. The molecule has 1 atom stereocenters. The summed E-state index contributed by atoms with van der Waals surface area (Å²) in [6, 6.07) is 0. The number of carbonyl (C=O) groups is 1. The molecule has 1 aromatic heterocycles. The Hall–Kier alpha value is -1.61. The fraction of sp³-hybridized carbons (Fsp3) is 0.600. The highest BCUT2D eigenvalue weighted by Gasteiger charge is 2.18. The topological polar surface area (TPSA) is 114 Å². The van der Waals surface area contributed by atoms with Gasteiger partial charge in [0.05, 0.1) is 6.61 Å². The van der Waals surface area contributed by atoms with Crippen LogP contribution < -0.4 is 11.2 Å². The zero-order chi connectivity index (χ0) is 14.3. The van der Waals surface area contributed by atoms with Crippen molar-refractivity contribution >= 4 is 17.7 Å². The fourth-order valence-electron chi connectivity index (χ4n) is 1.10. The van der Waals surface area contributed by atoms with Crippen molar-refractivity contribution in [3.05, 3.63) is 20.8 Å². The predicted octanol–water partition coefficient (Wildman–Crippen LogP) is -0.481. The van der Waals surface area contributed by atoms with Crippen LogP contribution in [0.3, 0.4) is 0 Å². The van der Waals surface area contributed by atoms with E-state index < -0.39 is 22.5 Å². The lowest BCUT2D eigenvalue weighted by Gasteiger charge is -2.09. The summed E-state index contributed by atoms with van der Waals surface area (Å²) in [5.41, 5.74) is -1.33. The van der Waals surface area contributed by atoms with Crippen LogP contribution in [0.1, 0.15) is 13.8 Å². The van der Waals surface area contributed by atoms with Gasteiger partial charge in [-0.1, -0.05) is 11.8 Å². The Morgan fingerprint density at radius 1 is 1.42 bits per heavy atom. The zero-order valence-electron chi connectivity index (χ0n) is 10.6. The first kappa shape index (κ1) is 15.4. The molecule has 0 spiro atoms. The molecule has 8 nitrogen and oxygen atoms in total. The molecule has 0 radical (unpaired) electrons. The standard InChI is InChI=1S/C10H15N3O5S/c1-3-17-4-5-18-9(15)6(2)19-8-7(14)11-10(16)13-12-8/h6H,3-5H2,1-2H3,(H2,11,13,14,16)/t6-/m0/s1. The summed E-state index contributed by atoms with van der Waals surface area (Å²) >= 11 is 0.910. The number of esters is 1. The SMILES string of the molecule is CCOCCOC(=O)[C@H](C)Sc1n[nH]c(=O)[nH]c1=O. The molecule has 0 amide bonds. The first-order chi connectivity index (χ1) is 9.04. The number of carbonyl (C=O) groups excluding carboxylic acids is 1. The number of hydrogen-bond donors (Lipinski definition) is 2. The van der Waals surface area contributed by atoms with E-state index >= 15 is 0 Å². The van der Waals surface area contributed by atoms with Crippen molar-refractivity contribution in [1.82, 2.24) is 15.2 Å². The molecule has 0 saturated carbocycles. The number of aromatic nitrogens is 3. The van der Waals surface area contributed by atoms with Gasteiger partial charge in [-0.2, -0.15) is 5.10 Å². The van der Waals surface area contributed by atoms with Crippen molar-refractivity contribution in [2.24, 2.45) is 0 Å². The van der Waals surface area contributed by atoms with Gasteiger partial charge in [-0.05, 0) is 13.8 Å². The lowest BCUT2D eigenvalue weighted by Crippen LogP contribution is -2.27. The summed E-state index contributed by atoms with van der Waals surface area (Å²) in [5.74, 6) is -0.475. The van der Waals surface area contributed by atoms with Crippen molar-refractivity contribution in [1.29, 1.82) is 0 Å². The van der Waals surface area contributed by atoms with Crippen molar-refractivity contribution in [3.63, 3.8) is 0 Å². The summed E-state index contributed by atoms with van der Waals surface area (Å²) in [4.78, 5) is 35.7. The smallest absolute Gasteiger partial charge is 0.342 e. The van der Waals surface area contributed by atoms with Gasteiger partial charge in [0.15, 0.2) is 5.03 Å². The maximum atomic E-state index is 11.6. The Labute approximate surface area is 112 Å². The van der Waals surface area contributed by atoms with Crippen LogP contribution in [0.15, 0.2) is 14.6 Å². The third-order valence-corrected chi connectivity index (χ3v) is 3.02. The minimum absolute atomic E-state index is 0.00820. The molecule has 9 heteroatoms. The normalized spacial score (nSPS) is 12.1. The lowest BCUT2D eigenvalue weighted by atomic mass is 10.5. The van der Waals surface area contributed by atoms with E-state index in [1.807, 2.05) is 11.9 Å². The molecule has 0 bridgehead atoms. The van der Waals surface area contributed by atoms with E-state index in [9.17, 15) is 14.4 Å². The molecular weight excluding hydrogens is 274 g/mol. The first-order valence-electron chi connectivity index (χ1n) is 5.64. The monoisotopic (exact) mass is 289 g/mol. The number of ether oxygens (including phenoxy) is 2. The van der Waals surface area contributed by atoms with Crippen LogP contribution in [0.5, 0.6) is 0 Å². The van der Waals surface area contributed by atoms with Gasteiger partial charge in [-0.25, -0.2) is 9.89 Å². The van der Waals surface area contributed by atoms with Gasteiger partial charge in [-0.3, -0.25) is 14.6 Å². The summed E-state index contributed by atoms with van der Waals surface area (Å²) < 4.78 is 9.97. The van der Waals surface area contributed by atoms with Crippen molar-refractivity contribution in [2.45, 2.75) is 24.1 Å². The first-order valence-corrected chi connectivity index (χ1v) is 6.52. The summed E-state index contributed by atoms with van der Waals surface area (Å²) in [5, 5.41) is 5.05. The average molecular weight is 289 g/mol. The van der Waals surface area contributed by atoms with Crippen LogP contribution in [0, 0.1) is 0 Å². The van der Waals surface area contributed by atoms with Gasteiger partial charge in [0.25, 0.3) is 5.56 Å². The van der Waals surface area contributed by atoms with Crippen LogP contribution in [0.4, 0.5) is 0 Å². The highest BCUT2D eigenvalue weighted by atomic mass is 32.2. The molecule has 0 aliphatic rings. The lowest BCUT2D eigenvalue weighted by molar-refractivity contribution is -0.144. The zero-order valence-corrected chi connectivity index (χ0v) is 11.4. The Balaban J connectivity index is 2.49. The number of rotatable bonds is 7. The Bertz CT molecular complexity index is 526. The van der Waals surface area contributed by atoms with Crippen LogP contribution >= 0.6 is 11.8 Å². The summed E-state index contributed by atoms with van der Waals surface area (Å²) in [7, 11) is 0. The molecule has 1 heterocycles. The van der Waals surface area contributed by atoms with Crippen molar-refractivity contribution in [2.75, 3.05) is 19.8 Å². The van der Waals surface area contributed by atoms with Gasteiger partial charge in [-0.15, -0.1) is 0 Å². The number of aromatic amines is 2. The van der Waals surface area contributed by atoms with Gasteiger partial charge < -0.3 is 9.47 Å². The molecule has 0 saturated heterocycles. The Morgan fingerprint density at radius 2 is 2.16 bits per heavy atom. The molecule has 19 heavy (non-hydrogen) atoms. The predicted molar refractivity (Wildman–Crippen MR) is 68.2 cm³/mol. The third-order valence-electron chi connectivity index (χ3n) is 1.98. The minimum atomic E-state index is -0.693. The average Bonchev–Trinajstić information content (AvgIpc) is 2.37. The summed E-state index contributed by atoms with van der Waals surface area (Å²) in [6.07, 6.45) is 0. The molecule has 0 unspecified atom stereocenters. The second kappa shape index (κ2) is 7.74. The summed E-state index contributed by atoms with van der Waals surface area (Å²) in [6.45, 7) is 4.47. The van der Waals surface area contributed by atoms with E-state index in [0.29, 0.717) is 13.2 Å². The van der Waals surface area contributed by atoms with Gasteiger partial charge in [0, 0.05) is 6.61 Å². The van der Waals surface area contributed by atoms with Crippen LogP contribution in [0.25, 0.3) is 0 Å². The molecule has 0 aliphatic carbocycles. The number of hydrogen-bond acceptors (Lipinski definition) is 7. The second-order valence-electron chi connectivity index (χ2n) is 3.44. The number of thioether (sulfide) groups is 1. The molecule has 106 valence electrons. The van der Waals surface area contributed by atoms with Crippen LogP contribution in [-0.4, -0.2) is 46.2 Å². The minimum Gasteiger partial charge on any atom is -0.462 e. The maximum absolute atomic E-state index is 11.6. The molecule has 0 aromatic carbocycles. The number of nitrogens with one attached hydrogen (secondary N) is 2. The Kier molecular flexibility index (Phi) is 6.30. The molecule has 2 N–H and O–H groups in total. The van der Waals surface area contributed by atoms with E-state index in [1.165, 1.54) is 0 Å². The molecular formula is C10H15N3O5S. The quantitative estimate of drug-likeness (QED) is 0.396. The van der Waals surface area contributed by atoms with Crippen molar-refractivity contribution < 1.29 is 14.3 Å². The van der Waals surface area contributed by atoms with Crippen LogP contribution in [0.2, 0.25) is 0 Å². The molecule has 1 aromatic rings. The van der Waals surface area contributed by atoms with Crippen molar-refractivity contribution in [3.8, 4) is 0 Å². The Morgan fingerprint density at radius 3 is 2.79 bits per heavy atom. The van der Waals surface area contributed by atoms with E-state index in [4.69, 9.17) is 9.47 Å². The molecule has 0 aliphatic heterocycles. The number of nitrogens with zero attached hydrogens (tertiary/aromatic N) is 1. The third kappa shape index (κ3) is 5.26. The molecule has 1 rings (SSSR count). The number of H-pyrrole nitrogens is 2. The van der Waals surface area contributed by atoms with Crippen LogP contribution in [-0.2, 0) is 14.3 Å². The van der Waals surface area contributed by atoms with Gasteiger partial charge in [0.1, 0.15) is 11.9 Å². The van der Waals surface area contributed by atoms with E-state index in [-0.39, 0.29) is 11.6 Å². The van der Waals surface area contributed by atoms with Gasteiger partial charge in [0.2, 0.25) is 0 Å². The van der Waals surface area contributed by atoms with E-state index in [1.54, 1.807) is 6.92 Å². The molecule has 0 fully saturated rings. The van der Waals surface area contributed by atoms with Gasteiger partial charge >= 0.3 is 11.7 Å². The largest absolute Gasteiger partial charge is 0.462 e. The fourth-order valence-corrected chi connectivity index (χ4v) is 1.85. The van der Waals surface area contributed by atoms with E-state index in [0.717, 1.165) is 11.8 Å².